The number of nitrogens with one attached hydrogen (secondary N) is 4. The Morgan fingerprint density at radius 2 is 1.57 bits per heavy atom. The summed E-state index contributed by atoms with van der Waals surface area (Å²) in [6.07, 6.45) is -0.194. The highest BCUT2D eigenvalue weighted by Gasteiger charge is 2.27. The van der Waals surface area contributed by atoms with Crippen molar-refractivity contribution in [1.82, 2.24) is 21.3 Å². The lowest BCUT2D eigenvalue weighted by Crippen LogP contribution is -2.56. The molecule has 2 atom stereocenters. The first-order valence-corrected chi connectivity index (χ1v) is 11.6. The number of hydrogen-bond donors (Lipinski definition) is 7. The van der Waals surface area contributed by atoms with Gasteiger partial charge >= 0.3 is 6.09 Å². The SMILES string of the molecule is CC(C)[C@H](NC(=O)CNC(=O)CNC(=O)OCc1ccccc1)C(=O)N[C@@H](CCCN=C(N)N)C(N)=O. The molecule has 0 spiro atoms. The highest BCUT2D eigenvalue weighted by molar-refractivity contribution is 5.93. The number of alkyl carbamates (subject to hydrolysis) is 1. The van der Waals surface area contributed by atoms with E-state index in [-0.39, 0.29) is 31.4 Å². The van der Waals surface area contributed by atoms with Gasteiger partial charge in [-0.15, -0.1) is 0 Å². The van der Waals surface area contributed by atoms with Crippen LogP contribution in [0.1, 0.15) is 32.3 Å². The fraction of sp³-hybridized carbons (Fsp3) is 0.478. The number of primary amides is 1. The average molecular weight is 521 g/mol. The van der Waals surface area contributed by atoms with Crippen molar-refractivity contribution >= 4 is 35.7 Å². The molecule has 1 aromatic carbocycles. The van der Waals surface area contributed by atoms with Crippen LogP contribution in [0.15, 0.2) is 35.3 Å². The number of carbonyl (C=O) groups is 5. The summed E-state index contributed by atoms with van der Waals surface area (Å²) in [4.78, 5) is 64.2. The second kappa shape index (κ2) is 16.3. The van der Waals surface area contributed by atoms with Gasteiger partial charge in [0.05, 0.1) is 6.54 Å². The van der Waals surface area contributed by atoms with Gasteiger partial charge in [-0.1, -0.05) is 44.2 Å². The quantitative estimate of drug-likeness (QED) is 0.0789. The summed E-state index contributed by atoms with van der Waals surface area (Å²) in [7, 11) is 0. The molecule has 0 unspecified atom stereocenters. The largest absolute Gasteiger partial charge is 0.445 e. The smallest absolute Gasteiger partial charge is 0.407 e. The zero-order valence-electron chi connectivity index (χ0n) is 21.0. The number of aliphatic imine (C=N–C) groups is 1. The van der Waals surface area contributed by atoms with E-state index in [0.29, 0.717) is 6.42 Å². The van der Waals surface area contributed by atoms with Crippen LogP contribution >= 0.6 is 0 Å². The first-order chi connectivity index (χ1) is 17.5. The fourth-order valence-electron chi connectivity index (χ4n) is 2.98. The molecule has 14 heteroatoms. The zero-order chi connectivity index (χ0) is 27.8. The van der Waals surface area contributed by atoms with Gasteiger partial charge in [-0.05, 0) is 24.3 Å². The van der Waals surface area contributed by atoms with E-state index >= 15 is 0 Å². The van der Waals surface area contributed by atoms with Crippen molar-refractivity contribution in [3.8, 4) is 0 Å². The predicted molar refractivity (Wildman–Crippen MR) is 135 cm³/mol. The van der Waals surface area contributed by atoms with E-state index in [2.05, 4.69) is 26.3 Å². The predicted octanol–water partition coefficient (Wildman–Crippen LogP) is -1.81. The number of guanidine groups is 1. The minimum atomic E-state index is -0.991. The Hall–Kier alpha value is -4.36. The van der Waals surface area contributed by atoms with Crippen molar-refractivity contribution in [2.75, 3.05) is 19.6 Å². The molecular weight excluding hydrogens is 484 g/mol. The monoisotopic (exact) mass is 520 g/mol. The van der Waals surface area contributed by atoms with Crippen molar-refractivity contribution in [2.45, 2.75) is 45.4 Å². The Kier molecular flexibility index (Phi) is 13.5. The molecule has 0 aliphatic carbocycles. The molecule has 0 saturated heterocycles. The fourth-order valence-corrected chi connectivity index (χ4v) is 2.98. The molecule has 0 radical (unpaired) electrons. The molecular formula is C23H36N8O6. The number of ether oxygens (including phenoxy) is 1. The van der Waals surface area contributed by atoms with E-state index in [1.165, 1.54) is 0 Å². The maximum absolute atomic E-state index is 12.7. The number of rotatable bonds is 15. The molecule has 0 aromatic heterocycles. The first kappa shape index (κ1) is 30.7. The average Bonchev–Trinajstić information content (AvgIpc) is 2.85. The topological polar surface area (TPSA) is 233 Å². The van der Waals surface area contributed by atoms with Crippen LogP contribution in [0.5, 0.6) is 0 Å². The van der Waals surface area contributed by atoms with E-state index in [4.69, 9.17) is 21.9 Å². The van der Waals surface area contributed by atoms with Crippen molar-refractivity contribution in [3.63, 3.8) is 0 Å². The highest BCUT2D eigenvalue weighted by atomic mass is 16.5. The van der Waals surface area contributed by atoms with Gasteiger partial charge in [0.15, 0.2) is 5.96 Å². The zero-order valence-corrected chi connectivity index (χ0v) is 21.0. The lowest BCUT2D eigenvalue weighted by molar-refractivity contribution is -0.132. The Morgan fingerprint density at radius 3 is 2.16 bits per heavy atom. The van der Waals surface area contributed by atoms with Crippen LogP contribution in [0, 0.1) is 5.92 Å². The molecule has 5 amide bonds. The molecule has 0 fully saturated rings. The normalized spacial score (nSPS) is 12.0. The lowest BCUT2D eigenvalue weighted by atomic mass is 10.0. The molecule has 0 heterocycles. The van der Waals surface area contributed by atoms with Crippen LogP contribution in [0.3, 0.4) is 0 Å². The van der Waals surface area contributed by atoms with Crippen molar-refractivity contribution in [3.05, 3.63) is 35.9 Å². The third kappa shape index (κ3) is 13.3. The lowest BCUT2D eigenvalue weighted by Gasteiger charge is -2.24. The van der Waals surface area contributed by atoms with Gasteiger partial charge in [-0.2, -0.15) is 0 Å². The minimum absolute atomic E-state index is 0.0439. The Bertz CT molecular complexity index is 950. The van der Waals surface area contributed by atoms with Crippen LogP contribution in [0.25, 0.3) is 0 Å². The number of nitrogens with zero attached hydrogens (tertiary/aromatic N) is 1. The summed E-state index contributed by atoms with van der Waals surface area (Å²) in [5, 5.41) is 9.66. The Balaban J connectivity index is 2.45. The summed E-state index contributed by atoms with van der Waals surface area (Å²) >= 11 is 0. The van der Waals surface area contributed by atoms with Gasteiger partial charge in [0.25, 0.3) is 0 Å². The Morgan fingerprint density at radius 1 is 0.919 bits per heavy atom. The standard InChI is InChI=1S/C23H36N8O6/c1-14(2)19(21(35)30-16(20(24)34)9-6-10-27-22(25)26)31-18(33)12-28-17(32)11-29-23(36)37-13-15-7-4-3-5-8-15/h3-5,7-8,14,16,19H,6,9-13H2,1-2H3,(H2,24,34)(H,28,32)(H,29,36)(H,30,35)(H,31,33)(H4,25,26,27)/t16-,19-/m0/s1. The minimum Gasteiger partial charge on any atom is -0.445 e. The highest BCUT2D eigenvalue weighted by Crippen LogP contribution is 2.05. The molecule has 0 bridgehead atoms. The molecule has 0 saturated carbocycles. The molecule has 14 nitrogen and oxygen atoms in total. The van der Waals surface area contributed by atoms with E-state index in [1.54, 1.807) is 38.1 Å². The number of benzene rings is 1. The number of nitrogens with two attached hydrogens (primary N) is 3. The van der Waals surface area contributed by atoms with E-state index in [0.717, 1.165) is 5.56 Å². The van der Waals surface area contributed by atoms with Gasteiger partial charge in [-0.25, -0.2) is 4.79 Å². The molecule has 10 N–H and O–H groups in total. The third-order valence-corrected chi connectivity index (χ3v) is 4.92. The number of amides is 5. The first-order valence-electron chi connectivity index (χ1n) is 11.6. The molecule has 1 rings (SSSR count). The van der Waals surface area contributed by atoms with Crippen LogP contribution in [-0.2, 0) is 30.5 Å². The molecule has 0 aliphatic heterocycles. The maximum Gasteiger partial charge on any atom is 0.407 e. The summed E-state index contributed by atoms with van der Waals surface area (Å²) in [6, 6.07) is 7.03. The molecule has 204 valence electrons. The number of hydrogen-bond acceptors (Lipinski definition) is 7. The second-order valence-corrected chi connectivity index (χ2v) is 8.39. The third-order valence-electron chi connectivity index (χ3n) is 4.92. The molecule has 37 heavy (non-hydrogen) atoms. The van der Waals surface area contributed by atoms with Gasteiger partial charge < -0.3 is 43.2 Å². The maximum atomic E-state index is 12.7. The van der Waals surface area contributed by atoms with Crippen LogP contribution in [-0.4, -0.2) is 67.4 Å². The van der Waals surface area contributed by atoms with E-state index in [1.807, 2.05) is 6.07 Å². The van der Waals surface area contributed by atoms with Crippen LogP contribution < -0.4 is 38.5 Å². The van der Waals surface area contributed by atoms with Crippen molar-refractivity contribution in [1.29, 1.82) is 0 Å². The molecule has 1 aromatic rings. The Labute approximate surface area is 215 Å². The summed E-state index contributed by atoms with van der Waals surface area (Å²) < 4.78 is 5.00. The van der Waals surface area contributed by atoms with Gasteiger partial charge in [0.2, 0.25) is 23.6 Å². The van der Waals surface area contributed by atoms with Gasteiger partial charge in [0.1, 0.15) is 25.2 Å². The summed E-state index contributed by atoms with van der Waals surface area (Å²) in [5.41, 5.74) is 16.7. The number of carbonyl (C=O) groups excluding carboxylic acids is 5. The van der Waals surface area contributed by atoms with E-state index < -0.39 is 54.9 Å². The van der Waals surface area contributed by atoms with Crippen LogP contribution in [0.4, 0.5) is 4.79 Å². The summed E-state index contributed by atoms with van der Waals surface area (Å²) in [5.74, 6) is -3.05. The summed E-state index contributed by atoms with van der Waals surface area (Å²) in [6.45, 7) is 2.86. The van der Waals surface area contributed by atoms with Gasteiger partial charge in [0, 0.05) is 6.54 Å². The second-order valence-electron chi connectivity index (χ2n) is 8.39. The van der Waals surface area contributed by atoms with E-state index in [9.17, 15) is 24.0 Å². The van der Waals surface area contributed by atoms with Crippen molar-refractivity contribution in [2.24, 2.45) is 28.1 Å². The molecule has 0 aliphatic rings. The van der Waals surface area contributed by atoms with Crippen molar-refractivity contribution < 1.29 is 28.7 Å². The van der Waals surface area contributed by atoms with Gasteiger partial charge in [-0.3, -0.25) is 24.2 Å². The van der Waals surface area contributed by atoms with Crippen LogP contribution in [0.2, 0.25) is 0 Å².